The maximum Gasteiger partial charge on any atom is 0.279 e. The second kappa shape index (κ2) is 9.36. The molecule has 1 unspecified atom stereocenters. The van der Waals surface area contributed by atoms with Crippen LogP contribution in [0.4, 0.5) is 11.4 Å². The third kappa shape index (κ3) is 5.58. The summed E-state index contributed by atoms with van der Waals surface area (Å²) in [7, 11) is 0. The Morgan fingerprint density at radius 3 is 2.15 bits per heavy atom. The van der Waals surface area contributed by atoms with Gasteiger partial charge in [0.05, 0.1) is 6.54 Å². The van der Waals surface area contributed by atoms with Crippen LogP contribution < -0.4 is 15.5 Å². The lowest BCUT2D eigenvalue weighted by atomic mass is 10.1. The summed E-state index contributed by atoms with van der Waals surface area (Å²) in [5.41, 5.74) is 2.44. The second-order valence-electron chi connectivity index (χ2n) is 6.24. The van der Waals surface area contributed by atoms with E-state index in [-0.39, 0.29) is 17.9 Å². The Morgan fingerprint density at radius 2 is 1.62 bits per heavy atom. The molecule has 0 spiro atoms. The van der Waals surface area contributed by atoms with Gasteiger partial charge in [0, 0.05) is 28.9 Å². The maximum atomic E-state index is 12.4. The molecule has 6 heteroatoms. The summed E-state index contributed by atoms with van der Waals surface area (Å²) >= 11 is 6.29. The van der Waals surface area contributed by atoms with Crippen LogP contribution in [0.25, 0.3) is 0 Å². The average Bonchev–Trinajstić information content (AvgIpc) is 2.61. The molecule has 3 N–H and O–H groups in total. The van der Waals surface area contributed by atoms with Crippen molar-refractivity contribution >= 4 is 34.8 Å². The van der Waals surface area contributed by atoms with Crippen molar-refractivity contribution in [2.75, 3.05) is 23.7 Å². The third-order valence-corrected chi connectivity index (χ3v) is 4.66. The van der Waals surface area contributed by atoms with E-state index < -0.39 is 0 Å². The van der Waals surface area contributed by atoms with Gasteiger partial charge in [0.25, 0.3) is 5.91 Å². The highest BCUT2D eigenvalue weighted by molar-refractivity contribution is 6.31. The molecule has 0 aliphatic rings. The van der Waals surface area contributed by atoms with Crippen LogP contribution in [0.1, 0.15) is 32.4 Å². The lowest BCUT2D eigenvalue weighted by Crippen LogP contribution is -3.12. The summed E-state index contributed by atoms with van der Waals surface area (Å²) < 4.78 is 0. The summed E-state index contributed by atoms with van der Waals surface area (Å²) in [4.78, 5) is 24.6. The Labute approximate surface area is 159 Å². The van der Waals surface area contributed by atoms with E-state index in [0.717, 1.165) is 22.0 Å². The molecule has 0 bridgehead atoms. The first-order valence-corrected chi connectivity index (χ1v) is 9.05. The molecule has 0 radical (unpaired) electrons. The van der Waals surface area contributed by atoms with Gasteiger partial charge in [-0.2, -0.15) is 0 Å². The number of benzene rings is 2. The summed E-state index contributed by atoms with van der Waals surface area (Å²) in [6.45, 7) is 6.74. The number of carbonyl (C=O) groups excluding carboxylic acids is 2. The minimum Gasteiger partial charge on any atom is -0.326 e. The number of quaternary nitrogens is 1. The predicted molar refractivity (Wildman–Crippen MR) is 106 cm³/mol. The van der Waals surface area contributed by atoms with E-state index in [9.17, 15) is 9.59 Å². The SMILES string of the molecule is CC[NH+](CC(=O)Nc1ccc(NC(C)=O)cc1)[C@@H](C)c1ccccc1Cl. The molecule has 5 nitrogen and oxygen atoms in total. The van der Waals surface area contributed by atoms with Crippen LogP contribution in [0, 0.1) is 0 Å². The highest BCUT2D eigenvalue weighted by atomic mass is 35.5. The van der Waals surface area contributed by atoms with E-state index in [0.29, 0.717) is 17.9 Å². The van der Waals surface area contributed by atoms with Crippen molar-refractivity contribution < 1.29 is 14.5 Å². The Bertz CT molecular complexity index is 762. The summed E-state index contributed by atoms with van der Waals surface area (Å²) in [5.74, 6) is -0.189. The van der Waals surface area contributed by atoms with Gasteiger partial charge in [-0.3, -0.25) is 9.59 Å². The molecular formula is C20H25ClN3O2+. The fourth-order valence-electron chi connectivity index (χ4n) is 2.88. The van der Waals surface area contributed by atoms with Gasteiger partial charge < -0.3 is 15.5 Å². The van der Waals surface area contributed by atoms with Gasteiger partial charge in [0.15, 0.2) is 6.54 Å². The molecule has 2 aromatic rings. The molecule has 0 aliphatic carbocycles. The van der Waals surface area contributed by atoms with Crippen molar-refractivity contribution in [3.63, 3.8) is 0 Å². The molecule has 2 amide bonds. The standard InChI is InChI=1S/C20H24ClN3O2/c1-4-24(14(2)18-7-5-6-8-19(18)21)13-20(26)23-17-11-9-16(10-12-17)22-15(3)25/h5-12,14H,4,13H2,1-3H3,(H,22,25)(H,23,26)/p+1/t14-/m0/s1. The number of carbonyl (C=O) groups is 2. The first kappa shape index (κ1) is 19.9. The fourth-order valence-corrected chi connectivity index (χ4v) is 3.18. The number of hydrogen-bond donors (Lipinski definition) is 3. The first-order chi connectivity index (χ1) is 12.4. The van der Waals surface area contributed by atoms with Crippen LogP contribution in [0.15, 0.2) is 48.5 Å². The number of anilines is 2. The van der Waals surface area contributed by atoms with Crippen molar-refractivity contribution in [1.82, 2.24) is 0 Å². The van der Waals surface area contributed by atoms with E-state index in [1.165, 1.54) is 6.92 Å². The second-order valence-corrected chi connectivity index (χ2v) is 6.65. The van der Waals surface area contributed by atoms with E-state index in [4.69, 9.17) is 11.6 Å². The van der Waals surface area contributed by atoms with Crippen LogP contribution in [-0.4, -0.2) is 24.9 Å². The van der Waals surface area contributed by atoms with Crippen molar-refractivity contribution in [2.24, 2.45) is 0 Å². The molecule has 0 saturated carbocycles. The minimum absolute atomic E-state index is 0.0620. The Kier molecular flexibility index (Phi) is 7.18. The maximum absolute atomic E-state index is 12.4. The molecule has 2 aromatic carbocycles. The number of amides is 2. The lowest BCUT2D eigenvalue weighted by Gasteiger charge is -2.25. The predicted octanol–water partition coefficient (Wildman–Crippen LogP) is 2.90. The van der Waals surface area contributed by atoms with Gasteiger partial charge in [0.2, 0.25) is 5.91 Å². The van der Waals surface area contributed by atoms with Crippen LogP contribution in [0.3, 0.4) is 0 Å². The zero-order chi connectivity index (χ0) is 19.1. The summed E-state index contributed by atoms with van der Waals surface area (Å²) in [5, 5.41) is 6.32. The molecule has 0 aliphatic heterocycles. The Balaban J connectivity index is 1.98. The monoisotopic (exact) mass is 374 g/mol. The van der Waals surface area contributed by atoms with Crippen LogP contribution in [-0.2, 0) is 9.59 Å². The van der Waals surface area contributed by atoms with Crippen LogP contribution >= 0.6 is 11.6 Å². The number of nitrogens with one attached hydrogen (secondary N) is 3. The van der Waals surface area contributed by atoms with Crippen molar-refractivity contribution in [3.05, 3.63) is 59.1 Å². The number of likely N-dealkylation sites (N-methyl/N-ethyl adjacent to an activating group) is 1. The molecule has 0 aromatic heterocycles. The van der Waals surface area contributed by atoms with Gasteiger partial charge in [0.1, 0.15) is 6.04 Å². The number of hydrogen-bond acceptors (Lipinski definition) is 2. The number of rotatable bonds is 7. The molecule has 2 rings (SSSR count). The van der Waals surface area contributed by atoms with Gasteiger partial charge in [-0.15, -0.1) is 0 Å². The largest absolute Gasteiger partial charge is 0.326 e. The van der Waals surface area contributed by atoms with Gasteiger partial charge >= 0.3 is 0 Å². The topological polar surface area (TPSA) is 62.6 Å². The van der Waals surface area contributed by atoms with Crippen LogP contribution in [0.2, 0.25) is 5.02 Å². The summed E-state index contributed by atoms with van der Waals surface area (Å²) in [6.07, 6.45) is 0. The van der Waals surface area contributed by atoms with E-state index in [2.05, 4.69) is 24.5 Å². The highest BCUT2D eigenvalue weighted by Crippen LogP contribution is 2.20. The van der Waals surface area contributed by atoms with E-state index >= 15 is 0 Å². The molecular weight excluding hydrogens is 350 g/mol. The molecule has 138 valence electrons. The zero-order valence-corrected chi connectivity index (χ0v) is 16.1. The van der Waals surface area contributed by atoms with Crippen molar-refractivity contribution in [1.29, 1.82) is 0 Å². The quantitative estimate of drug-likeness (QED) is 0.697. The third-order valence-electron chi connectivity index (χ3n) is 4.31. The normalized spacial score (nSPS) is 12.9. The number of halogens is 1. The molecule has 0 heterocycles. The first-order valence-electron chi connectivity index (χ1n) is 8.67. The molecule has 26 heavy (non-hydrogen) atoms. The van der Waals surface area contributed by atoms with Gasteiger partial charge in [-0.05, 0) is 44.2 Å². The van der Waals surface area contributed by atoms with E-state index in [1.54, 1.807) is 24.3 Å². The van der Waals surface area contributed by atoms with E-state index in [1.807, 2.05) is 24.3 Å². The summed E-state index contributed by atoms with van der Waals surface area (Å²) in [6, 6.07) is 14.9. The van der Waals surface area contributed by atoms with Gasteiger partial charge in [-0.25, -0.2) is 0 Å². The smallest absolute Gasteiger partial charge is 0.279 e. The fraction of sp³-hybridized carbons (Fsp3) is 0.300. The van der Waals surface area contributed by atoms with Crippen molar-refractivity contribution in [2.45, 2.75) is 26.8 Å². The van der Waals surface area contributed by atoms with Crippen molar-refractivity contribution in [3.8, 4) is 0 Å². The average molecular weight is 375 g/mol. The Morgan fingerprint density at radius 1 is 1.04 bits per heavy atom. The lowest BCUT2D eigenvalue weighted by molar-refractivity contribution is -0.920. The minimum atomic E-state index is -0.127. The molecule has 0 saturated heterocycles. The van der Waals surface area contributed by atoms with Crippen LogP contribution in [0.5, 0.6) is 0 Å². The van der Waals surface area contributed by atoms with Gasteiger partial charge in [-0.1, -0.05) is 29.8 Å². The Hall–Kier alpha value is -2.37. The molecule has 2 atom stereocenters. The highest BCUT2D eigenvalue weighted by Gasteiger charge is 2.22. The molecule has 0 fully saturated rings. The zero-order valence-electron chi connectivity index (χ0n) is 15.3.